The van der Waals surface area contributed by atoms with Crippen molar-refractivity contribution in [3.63, 3.8) is 0 Å². The van der Waals surface area contributed by atoms with Crippen molar-refractivity contribution in [1.82, 2.24) is 4.90 Å². The lowest BCUT2D eigenvalue weighted by Crippen LogP contribution is -2.45. The van der Waals surface area contributed by atoms with Gasteiger partial charge in [0.25, 0.3) is 0 Å². The van der Waals surface area contributed by atoms with Crippen LogP contribution in [0.1, 0.15) is 5.56 Å². The molecule has 0 aliphatic carbocycles. The Labute approximate surface area is 137 Å². The van der Waals surface area contributed by atoms with Crippen LogP contribution in [0.3, 0.4) is 0 Å². The van der Waals surface area contributed by atoms with E-state index in [1.807, 2.05) is 12.1 Å². The second-order valence-corrected chi connectivity index (χ2v) is 5.67. The first-order chi connectivity index (χ1) is 9.81. The zero-order chi connectivity index (χ0) is 13.8. The maximum absolute atomic E-state index is 6.06. The minimum absolute atomic E-state index is 0. The molecule has 0 atom stereocenters. The van der Waals surface area contributed by atoms with E-state index in [0.29, 0.717) is 0 Å². The highest BCUT2D eigenvalue weighted by Gasteiger charge is 2.17. The molecule has 0 unspecified atom stereocenters. The van der Waals surface area contributed by atoms with Gasteiger partial charge in [0.05, 0.1) is 0 Å². The highest BCUT2D eigenvalue weighted by atomic mass is 35.5. The van der Waals surface area contributed by atoms with Gasteiger partial charge in [0, 0.05) is 43.4 Å². The molecule has 21 heavy (non-hydrogen) atoms. The molecule has 1 fully saturated rings. The summed E-state index contributed by atoms with van der Waals surface area (Å²) in [6.45, 7) is 5.37. The molecular weight excluding hydrogens is 303 g/mol. The monoisotopic (exact) mass is 322 g/mol. The predicted molar refractivity (Wildman–Crippen MR) is 92.6 cm³/mol. The van der Waals surface area contributed by atoms with E-state index in [4.69, 9.17) is 11.6 Å². The Hall–Kier alpha value is -1.22. The maximum atomic E-state index is 6.06. The van der Waals surface area contributed by atoms with E-state index in [1.165, 1.54) is 11.3 Å². The van der Waals surface area contributed by atoms with Crippen LogP contribution in [0.15, 0.2) is 54.6 Å². The topological polar surface area (TPSA) is 6.48 Å². The molecule has 1 heterocycles. The molecule has 1 saturated heterocycles. The van der Waals surface area contributed by atoms with Gasteiger partial charge < -0.3 is 4.90 Å². The van der Waals surface area contributed by atoms with Gasteiger partial charge in [0.2, 0.25) is 0 Å². The van der Waals surface area contributed by atoms with Gasteiger partial charge in [0.1, 0.15) is 0 Å². The van der Waals surface area contributed by atoms with Crippen LogP contribution in [0.5, 0.6) is 0 Å². The second kappa shape index (κ2) is 7.69. The summed E-state index contributed by atoms with van der Waals surface area (Å²) in [7, 11) is 0. The molecule has 4 heteroatoms. The molecule has 112 valence electrons. The standard InChI is InChI=1S/C17H19ClN2.ClH/c18-16-7-4-8-17(13-16)20-11-9-19(10-12-20)14-15-5-2-1-3-6-15;/h1-8,13H,9-12,14H2;1H. The smallest absolute Gasteiger partial charge is 0.0426 e. The summed E-state index contributed by atoms with van der Waals surface area (Å²) in [5.74, 6) is 0. The van der Waals surface area contributed by atoms with Gasteiger partial charge in [-0.2, -0.15) is 0 Å². The van der Waals surface area contributed by atoms with Crippen LogP contribution in [-0.4, -0.2) is 31.1 Å². The first kappa shape index (κ1) is 16.2. The van der Waals surface area contributed by atoms with Gasteiger partial charge in [-0.05, 0) is 23.8 Å². The third kappa shape index (κ3) is 4.37. The first-order valence-electron chi connectivity index (χ1n) is 7.08. The van der Waals surface area contributed by atoms with E-state index in [0.717, 1.165) is 37.7 Å². The molecule has 0 aromatic heterocycles. The average Bonchev–Trinajstić information content (AvgIpc) is 2.49. The Morgan fingerprint density at radius 1 is 0.857 bits per heavy atom. The van der Waals surface area contributed by atoms with Crippen molar-refractivity contribution in [2.75, 3.05) is 31.1 Å². The molecule has 0 radical (unpaired) electrons. The minimum Gasteiger partial charge on any atom is -0.369 e. The van der Waals surface area contributed by atoms with Gasteiger partial charge in [-0.1, -0.05) is 48.0 Å². The minimum atomic E-state index is 0. The highest BCUT2D eigenvalue weighted by Crippen LogP contribution is 2.21. The molecule has 2 aromatic carbocycles. The van der Waals surface area contributed by atoms with E-state index in [-0.39, 0.29) is 12.4 Å². The summed E-state index contributed by atoms with van der Waals surface area (Å²) < 4.78 is 0. The Kier molecular flexibility index (Phi) is 5.92. The molecule has 0 amide bonds. The molecule has 0 saturated carbocycles. The number of anilines is 1. The summed E-state index contributed by atoms with van der Waals surface area (Å²) in [4.78, 5) is 4.92. The van der Waals surface area contributed by atoms with E-state index >= 15 is 0 Å². The maximum Gasteiger partial charge on any atom is 0.0426 e. The van der Waals surface area contributed by atoms with Crippen LogP contribution in [0, 0.1) is 0 Å². The Morgan fingerprint density at radius 3 is 2.24 bits per heavy atom. The average molecular weight is 323 g/mol. The van der Waals surface area contributed by atoms with Crippen LogP contribution in [0.2, 0.25) is 5.02 Å². The fourth-order valence-corrected chi connectivity index (χ4v) is 2.86. The fourth-order valence-electron chi connectivity index (χ4n) is 2.68. The Balaban J connectivity index is 0.00000161. The normalized spacial score (nSPS) is 15.6. The van der Waals surface area contributed by atoms with Gasteiger partial charge in [0.15, 0.2) is 0 Å². The molecule has 2 aromatic rings. The Morgan fingerprint density at radius 2 is 1.57 bits per heavy atom. The van der Waals surface area contributed by atoms with Crippen molar-refractivity contribution >= 4 is 29.7 Å². The number of hydrogen-bond acceptors (Lipinski definition) is 2. The van der Waals surface area contributed by atoms with Gasteiger partial charge in [-0.15, -0.1) is 12.4 Å². The number of nitrogens with zero attached hydrogens (tertiary/aromatic N) is 2. The molecule has 1 aliphatic heterocycles. The lowest BCUT2D eigenvalue weighted by Gasteiger charge is -2.36. The molecule has 0 N–H and O–H groups in total. The lowest BCUT2D eigenvalue weighted by molar-refractivity contribution is 0.250. The van der Waals surface area contributed by atoms with Crippen molar-refractivity contribution in [3.05, 3.63) is 65.2 Å². The number of halogens is 2. The van der Waals surface area contributed by atoms with Crippen molar-refractivity contribution in [3.8, 4) is 0 Å². The lowest BCUT2D eigenvalue weighted by atomic mass is 10.2. The zero-order valence-corrected chi connectivity index (χ0v) is 13.5. The van der Waals surface area contributed by atoms with E-state index < -0.39 is 0 Å². The number of piperazine rings is 1. The molecule has 3 rings (SSSR count). The second-order valence-electron chi connectivity index (χ2n) is 5.23. The third-order valence-electron chi connectivity index (χ3n) is 3.79. The quantitative estimate of drug-likeness (QED) is 0.840. The largest absolute Gasteiger partial charge is 0.369 e. The zero-order valence-electron chi connectivity index (χ0n) is 11.9. The SMILES string of the molecule is Cl.Clc1cccc(N2CCN(Cc3ccccc3)CC2)c1. The molecule has 2 nitrogen and oxygen atoms in total. The summed E-state index contributed by atoms with van der Waals surface area (Å²) in [5, 5.41) is 0.814. The third-order valence-corrected chi connectivity index (χ3v) is 4.03. The predicted octanol–water partition coefficient (Wildman–Crippen LogP) is 4.08. The van der Waals surface area contributed by atoms with Crippen LogP contribution in [0.25, 0.3) is 0 Å². The summed E-state index contributed by atoms with van der Waals surface area (Å²) >= 11 is 6.06. The van der Waals surface area contributed by atoms with Crippen molar-refractivity contribution < 1.29 is 0 Å². The van der Waals surface area contributed by atoms with Gasteiger partial charge >= 0.3 is 0 Å². The summed E-state index contributed by atoms with van der Waals surface area (Å²) in [6.07, 6.45) is 0. The van der Waals surface area contributed by atoms with Gasteiger partial charge in [-0.3, -0.25) is 4.90 Å². The first-order valence-corrected chi connectivity index (χ1v) is 7.46. The number of benzene rings is 2. The van der Waals surface area contributed by atoms with Crippen LogP contribution >= 0.6 is 24.0 Å². The van der Waals surface area contributed by atoms with E-state index in [2.05, 4.69) is 52.3 Å². The number of rotatable bonds is 3. The molecule has 0 bridgehead atoms. The summed E-state index contributed by atoms with van der Waals surface area (Å²) in [5.41, 5.74) is 2.63. The van der Waals surface area contributed by atoms with Crippen molar-refractivity contribution in [2.24, 2.45) is 0 Å². The van der Waals surface area contributed by atoms with Crippen LogP contribution in [0.4, 0.5) is 5.69 Å². The number of hydrogen-bond donors (Lipinski definition) is 0. The molecule has 0 spiro atoms. The van der Waals surface area contributed by atoms with Crippen molar-refractivity contribution in [2.45, 2.75) is 6.54 Å². The Bertz CT molecular complexity index is 552. The van der Waals surface area contributed by atoms with E-state index in [9.17, 15) is 0 Å². The van der Waals surface area contributed by atoms with E-state index in [1.54, 1.807) is 0 Å². The van der Waals surface area contributed by atoms with Crippen LogP contribution in [-0.2, 0) is 6.54 Å². The van der Waals surface area contributed by atoms with Crippen molar-refractivity contribution in [1.29, 1.82) is 0 Å². The molecule has 1 aliphatic rings. The fraction of sp³-hybridized carbons (Fsp3) is 0.294. The highest BCUT2D eigenvalue weighted by molar-refractivity contribution is 6.30. The summed E-state index contributed by atoms with van der Waals surface area (Å²) in [6, 6.07) is 18.8. The van der Waals surface area contributed by atoms with Crippen LogP contribution < -0.4 is 4.90 Å². The van der Waals surface area contributed by atoms with Gasteiger partial charge in [-0.25, -0.2) is 0 Å². The molecular formula is C17H20Cl2N2.